The van der Waals surface area contributed by atoms with Crippen molar-refractivity contribution in [3.05, 3.63) is 95.3 Å². The van der Waals surface area contributed by atoms with E-state index in [9.17, 15) is 19.5 Å². The van der Waals surface area contributed by atoms with Gasteiger partial charge in [-0.25, -0.2) is 4.79 Å². The van der Waals surface area contributed by atoms with Gasteiger partial charge < -0.3 is 14.6 Å². The minimum absolute atomic E-state index is 0.0615. The van der Waals surface area contributed by atoms with Crippen molar-refractivity contribution in [1.29, 1.82) is 0 Å². The predicted molar refractivity (Wildman–Crippen MR) is 138 cm³/mol. The van der Waals surface area contributed by atoms with Crippen molar-refractivity contribution in [2.75, 3.05) is 11.5 Å². The Bertz CT molecular complexity index is 1330. The molecule has 0 bridgehead atoms. The van der Waals surface area contributed by atoms with Gasteiger partial charge >= 0.3 is 5.97 Å². The van der Waals surface area contributed by atoms with E-state index in [0.717, 1.165) is 6.42 Å². The van der Waals surface area contributed by atoms with Crippen LogP contribution in [0.3, 0.4) is 0 Å². The predicted octanol–water partition coefficient (Wildman–Crippen LogP) is 5.06. The normalized spacial score (nSPS) is 16.8. The second-order valence-electron chi connectivity index (χ2n) is 8.83. The van der Waals surface area contributed by atoms with Crippen LogP contribution in [0.1, 0.15) is 54.7 Å². The number of ether oxygens (including phenoxy) is 2. The monoisotopic (exact) mass is 500 g/mol. The third-order valence-electron chi connectivity index (χ3n) is 5.77. The molecule has 1 aromatic heterocycles. The first-order valence-electron chi connectivity index (χ1n) is 12.1. The summed E-state index contributed by atoms with van der Waals surface area (Å²) in [6.07, 6.45) is 3.63. The van der Waals surface area contributed by atoms with Crippen molar-refractivity contribution in [3.63, 3.8) is 0 Å². The van der Waals surface area contributed by atoms with Crippen LogP contribution in [0.2, 0.25) is 0 Å². The molecule has 2 heterocycles. The number of esters is 1. The highest BCUT2D eigenvalue weighted by Gasteiger charge is 2.47. The van der Waals surface area contributed by atoms with Crippen LogP contribution in [0, 0.1) is 0 Å². The van der Waals surface area contributed by atoms with Crippen molar-refractivity contribution in [2.24, 2.45) is 0 Å². The van der Waals surface area contributed by atoms with Gasteiger partial charge in [0.2, 0.25) is 0 Å². The number of carbonyl (C=O) groups is 3. The largest absolute Gasteiger partial charge is 0.507 e. The Labute approximate surface area is 215 Å². The van der Waals surface area contributed by atoms with Crippen molar-refractivity contribution < 1.29 is 29.0 Å². The summed E-state index contributed by atoms with van der Waals surface area (Å²) < 4.78 is 10.9. The Morgan fingerprint density at radius 3 is 2.38 bits per heavy atom. The fourth-order valence-corrected chi connectivity index (χ4v) is 4.11. The summed E-state index contributed by atoms with van der Waals surface area (Å²) in [5.41, 5.74) is 1.45. The Balaban J connectivity index is 1.81. The first-order chi connectivity index (χ1) is 17.8. The number of aliphatic hydroxyl groups is 1. The Morgan fingerprint density at radius 2 is 1.73 bits per heavy atom. The number of nitrogens with zero attached hydrogens (tertiary/aromatic N) is 2. The van der Waals surface area contributed by atoms with Crippen molar-refractivity contribution in [3.8, 4) is 5.75 Å². The van der Waals surface area contributed by atoms with Crippen LogP contribution in [0.15, 0.2) is 78.6 Å². The van der Waals surface area contributed by atoms with E-state index in [2.05, 4.69) is 4.98 Å². The van der Waals surface area contributed by atoms with Crippen LogP contribution >= 0.6 is 0 Å². The average Bonchev–Trinajstić information content (AvgIpc) is 3.17. The molecule has 1 aliphatic rings. The molecule has 1 aliphatic heterocycles. The molecule has 8 nitrogen and oxygen atoms in total. The lowest BCUT2D eigenvalue weighted by Crippen LogP contribution is -2.29. The summed E-state index contributed by atoms with van der Waals surface area (Å²) in [6.45, 7) is 6.04. The molecule has 8 heteroatoms. The molecule has 1 fully saturated rings. The molecule has 0 spiro atoms. The van der Waals surface area contributed by atoms with Crippen molar-refractivity contribution in [1.82, 2.24) is 4.98 Å². The van der Waals surface area contributed by atoms with Gasteiger partial charge in [0.15, 0.2) is 0 Å². The summed E-state index contributed by atoms with van der Waals surface area (Å²) in [5.74, 6) is -1.87. The molecule has 190 valence electrons. The highest BCUT2D eigenvalue weighted by molar-refractivity contribution is 6.51. The second-order valence-corrected chi connectivity index (χ2v) is 8.83. The minimum atomic E-state index is -0.935. The van der Waals surface area contributed by atoms with E-state index in [0.29, 0.717) is 29.2 Å². The van der Waals surface area contributed by atoms with E-state index >= 15 is 0 Å². The zero-order valence-electron chi connectivity index (χ0n) is 20.9. The van der Waals surface area contributed by atoms with E-state index in [4.69, 9.17) is 9.47 Å². The zero-order chi connectivity index (χ0) is 26.5. The molecule has 37 heavy (non-hydrogen) atoms. The molecule has 1 N–H and O–H groups in total. The number of Topliss-reactive ketones (excluding diaryl/α,β-unsaturated/α-hetero) is 1. The van der Waals surface area contributed by atoms with Crippen LogP contribution < -0.4 is 9.64 Å². The molecule has 2 aromatic carbocycles. The molecule has 0 aliphatic carbocycles. The average molecular weight is 501 g/mol. The van der Waals surface area contributed by atoms with E-state index < -0.39 is 23.7 Å². The molecule has 4 rings (SSSR count). The number of aromatic nitrogens is 1. The van der Waals surface area contributed by atoms with E-state index in [-0.39, 0.29) is 23.0 Å². The molecule has 3 aromatic rings. The summed E-state index contributed by atoms with van der Waals surface area (Å²) in [4.78, 5) is 44.5. The number of hydrogen-bond acceptors (Lipinski definition) is 7. The topological polar surface area (TPSA) is 106 Å². The van der Waals surface area contributed by atoms with Crippen LogP contribution in [0.4, 0.5) is 5.69 Å². The summed E-state index contributed by atoms with van der Waals surface area (Å²) >= 11 is 0. The molecule has 1 saturated heterocycles. The number of pyridine rings is 1. The Kier molecular flexibility index (Phi) is 7.67. The number of benzene rings is 2. The first-order valence-corrected chi connectivity index (χ1v) is 12.1. The fourth-order valence-electron chi connectivity index (χ4n) is 4.11. The lowest BCUT2D eigenvalue weighted by atomic mass is 9.95. The minimum Gasteiger partial charge on any atom is -0.507 e. The van der Waals surface area contributed by atoms with Gasteiger partial charge in [0.1, 0.15) is 11.5 Å². The second kappa shape index (κ2) is 11.1. The molecule has 1 amide bonds. The lowest BCUT2D eigenvalue weighted by molar-refractivity contribution is -0.132. The molecule has 0 radical (unpaired) electrons. The SMILES string of the molecule is CCCOc1ccc(/C(O)=C2\C(=O)C(=O)N(c3cccc(C(=O)OC(C)C)c3)C2c2ccncc2)cc1. The van der Waals surface area contributed by atoms with Gasteiger partial charge in [0, 0.05) is 23.6 Å². The molecule has 1 atom stereocenters. The number of anilines is 1. The molecule has 0 saturated carbocycles. The van der Waals surface area contributed by atoms with E-state index in [1.165, 1.54) is 11.0 Å². The maximum Gasteiger partial charge on any atom is 0.338 e. The van der Waals surface area contributed by atoms with Crippen LogP contribution in [0.25, 0.3) is 5.76 Å². The first kappa shape index (κ1) is 25.6. The third kappa shape index (κ3) is 5.38. The van der Waals surface area contributed by atoms with E-state index in [1.807, 2.05) is 6.92 Å². The van der Waals surface area contributed by atoms with Gasteiger partial charge in [-0.3, -0.25) is 19.5 Å². The Hall–Kier alpha value is -4.46. The maximum atomic E-state index is 13.3. The summed E-state index contributed by atoms with van der Waals surface area (Å²) in [6, 6.07) is 15.4. The van der Waals surface area contributed by atoms with Crippen LogP contribution in [0.5, 0.6) is 5.75 Å². The number of rotatable bonds is 8. The number of ketones is 1. The quantitative estimate of drug-likeness (QED) is 0.199. The lowest BCUT2D eigenvalue weighted by Gasteiger charge is -2.25. The number of hydrogen-bond donors (Lipinski definition) is 1. The van der Waals surface area contributed by atoms with Gasteiger partial charge in [-0.2, -0.15) is 0 Å². The summed E-state index contributed by atoms with van der Waals surface area (Å²) in [7, 11) is 0. The van der Waals surface area contributed by atoms with Gasteiger partial charge in [-0.1, -0.05) is 13.0 Å². The highest BCUT2D eigenvalue weighted by Crippen LogP contribution is 2.42. The number of carbonyl (C=O) groups excluding carboxylic acids is 3. The van der Waals surface area contributed by atoms with Crippen LogP contribution in [-0.2, 0) is 14.3 Å². The maximum absolute atomic E-state index is 13.3. The molecule has 1 unspecified atom stereocenters. The fraction of sp³-hybridized carbons (Fsp3) is 0.241. The smallest absolute Gasteiger partial charge is 0.338 e. The van der Waals surface area contributed by atoms with Gasteiger partial charge in [-0.05, 0) is 80.4 Å². The third-order valence-corrected chi connectivity index (χ3v) is 5.77. The summed E-state index contributed by atoms with van der Waals surface area (Å²) in [5, 5.41) is 11.3. The zero-order valence-corrected chi connectivity index (χ0v) is 20.9. The standard InChI is InChI=1S/C29H28N2O6/c1-4-16-36-23-10-8-20(9-11-23)26(32)24-25(19-12-14-30-15-13-19)31(28(34)27(24)33)22-7-5-6-21(17-22)29(35)37-18(2)3/h5-15,17-18,25,32H,4,16H2,1-3H3/b26-24+. The molecular formula is C29H28N2O6. The van der Waals surface area contributed by atoms with Crippen molar-refractivity contribution in [2.45, 2.75) is 39.3 Å². The Morgan fingerprint density at radius 1 is 1.03 bits per heavy atom. The number of amides is 1. The van der Waals surface area contributed by atoms with Gasteiger partial charge in [0.25, 0.3) is 11.7 Å². The highest BCUT2D eigenvalue weighted by atomic mass is 16.5. The van der Waals surface area contributed by atoms with Gasteiger partial charge in [-0.15, -0.1) is 0 Å². The number of aliphatic hydroxyl groups excluding tert-OH is 1. The van der Waals surface area contributed by atoms with Crippen LogP contribution in [-0.4, -0.2) is 40.5 Å². The van der Waals surface area contributed by atoms with Crippen molar-refractivity contribution >= 4 is 29.1 Å². The van der Waals surface area contributed by atoms with Gasteiger partial charge in [0.05, 0.1) is 29.9 Å². The van der Waals surface area contributed by atoms with E-state index in [1.54, 1.807) is 80.8 Å². The molecular weight excluding hydrogens is 472 g/mol.